The fourth-order valence-electron chi connectivity index (χ4n) is 3.78. The van der Waals surface area contributed by atoms with E-state index < -0.39 is 10.0 Å². The fourth-order valence-corrected chi connectivity index (χ4v) is 5.26. The number of hydrogen-bond acceptors (Lipinski definition) is 4. The van der Waals surface area contributed by atoms with Crippen LogP contribution >= 0.6 is 0 Å². The minimum atomic E-state index is -3.89. The van der Waals surface area contributed by atoms with Gasteiger partial charge in [0.05, 0.1) is 10.6 Å². The van der Waals surface area contributed by atoms with E-state index in [1.165, 1.54) is 4.31 Å². The van der Waals surface area contributed by atoms with Gasteiger partial charge in [0, 0.05) is 6.04 Å². The zero-order valence-electron chi connectivity index (χ0n) is 18.2. The van der Waals surface area contributed by atoms with Gasteiger partial charge in [-0.15, -0.1) is 0 Å². The molecule has 1 amide bonds. The Bertz CT molecular complexity index is 995. The summed E-state index contributed by atoms with van der Waals surface area (Å²) < 4.78 is 28.2. The second-order valence-corrected chi connectivity index (χ2v) is 10.1. The molecule has 0 radical (unpaired) electrons. The van der Waals surface area contributed by atoms with E-state index in [4.69, 9.17) is 0 Å². The SMILES string of the molecule is Cc1ccc(S(=O)(=O)N(CC(=O)NC2CCN(C)CC2)c2ccc(C)cc2C)cc1. The average molecular weight is 430 g/mol. The van der Waals surface area contributed by atoms with Gasteiger partial charge in [-0.3, -0.25) is 9.10 Å². The number of anilines is 1. The van der Waals surface area contributed by atoms with Crippen LogP contribution in [0.4, 0.5) is 5.69 Å². The van der Waals surface area contributed by atoms with E-state index in [0.29, 0.717) is 5.69 Å². The molecule has 1 fully saturated rings. The number of hydrogen-bond donors (Lipinski definition) is 1. The van der Waals surface area contributed by atoms with E-state index in [1.807, 2.05) is 32.9 Å². The predicted molar refractivity (Wildman–Crippen MR) is 120 cm³/mol. The van der Waals surface area contributed by atoms with E-state index in [2.05, 4.69) is 17.3 Å². The number of amides is 1. The molecule has 7 heteroatoms. The second kappa shape index (κ2) is 9.18. The van der Waals surface area contributed by atoms with Crippen LogP contribution in [-0.2, 0) is 14.8 Å². The highest BCUT2D eigenvalue weighted by Gasteiger charge is 2.29. The minimum Gasteiger partial charge on any atom is -0.352 e. The van der Waals surface area contributed by atoms with E-state index in [0.717, 1.165) is 42.6 Å². The first kappa shape index (κ1) is 22.3. The number of piperidine rings is 1. The maximum atomic E-state index is 13.5. The van der Waals surface area contributed by atoms with Crippen LogP contribution in [-0.4, -0.2) is 51.9 Å². The maximum absolute atomic E-state index is 13.5. The molecule has 2 aromatic rings. The van der Waals surface area contributed by atoms with Crippen molar-refractivity contribution in [3.8, 4) is 0 Å². The molecule has 1 N–H and O–H groups in total. The van der Waals surface area contributed by atoms with Gasteiger partial charge in [-0.25, -0.2) is 8.42 Å². The zero-order valence-corrected chi connectivity index (χ0v) is 19.0. The number of benzene rings is 2. The Hall–Kier alpha value is -2.38. The Kier molecular flexibility index (Phi) is 6.83. The third-order valence-corrected chi connectivity index (χ3v) is 7.37. The molecule has 6 nitrogen and oxygen atoms in total. The van der Waals surface area contributed by atoms with Gasteiger partial charge >= 0.3 is 0 Å². The Morgan fingerprint density at radius 1 is 1.03 bits per heavy atom. The molecule has 0 atom stereocenters. The molecule has 0 spiro atoms. The Morgan fingerprint density at radius 3 is 2.23 bits per heavy atom. The summed E-state index contributed by atoms with van der Waals surface area (Å²) in [6.45, 7) is 7.35. The molecule has 3 rings (SSSR count). The van der Waals surface area contributed by atoms with Gasteiger partial charge in [0.25, 0.3) is 10.0 Å². The van der Waals surface area contributed by atoms with Gasteiger partial charge < -0.3 is 10.2 Å². The van der Waals surface area contributed by atoms with E-state index in [9.17, 15) is 13.2 Å². The van der Waals surface area contributed by atoms with Crippen LogP contribution in [0.15, 0.2) is 47.4 Å². The predicted octanol–water partition coefficient (Wildman–Crippen LogP) is 3.02. The lowest BCUT2D eigenvalue weighted by Crippen LogP contribution is -2.48. The van der Waals surface area contributed by atoms with Crippen molar-refractivity contribution in [1.82, 2.24) is 10.2 Å². The molecular formula is C23H31N3O3S. The lowest BCUT2D eigenvalue weighted by molar-refractivity contribution is -0.120. The number of aryl methyl sites for hydroxylation is 3. The molecule has 1 aliphatic heterocycles. The number of sulfonamides is 1. The largest absolute Gasteiger partial charge is 0.352 e. The van der Waals surface area contributed by atoms with Crippen molar-refractivity contribution in [3.05, 3.63) is 59.2 Å². The van der Waals surface area contributed by atoms with Gasteiger partial charge in [-0.05, 0) is 77.5 Å². The van der Waals surface area contributed by atoms with Gasteiger partial charge in [-0.2, -0.15) is 0 Å². The van der Waals surface area contributed by atoms with Crippen LogP contribution < -0.4 is 9.62 Å². The highest BCUT2D eigenvalue weighted by molar-refractivity contribution is 7.92. The van der Waals surface area contributed by atoms with Crippen molar-refractivity contribution in [2.45, 2.75) is 44.6 Å². The van der Waals surface area contributed by atoms with Gasteiger partial charge in [0.1, 0.15) is 6.54 Å². The average Bonchev–Trinajstić information content (AvgIpc) is 2.69. The zero-order chi connectivity index (χ0) is 21.9. The van der Waals surface area contributed by atoms with Crippen molar-refractivity contribution >= 4 is 21.6 Å². The van der Waals surface area contributed by atoms with Crippen LogP contribution in [0, 0.1) is 20.8 Å². The van der Waals surface area contributed by atoms with Gasteiger partial charge in [-0.1, -0.05) is 35.4 Å². The first-order valence-corrected chi connectivity index (χ1v) is 11.8. The normalized spacial score (nSPS) is 15.7. The van der Waals surface area contributed by atoms with Crippen molar-refractivity contribution in [2.24, 2.45) is 0 Å². The molecule has 0 aromatic heterocycles. The van der Waals surface area contributed by atoms with Crippen LogP contribution in [0.25, 0.3) is 0 Å². The molecule has 2 aromatic carbocycles. The van der Waals surface area contributed by atoms with Gasteiger partial charge in [0.2, 0.25) is 5.91 Å². The summed E-state index contributed by atoms with van der Waals surface area (Å²) in [6.07, 6.45) is 1.74. The molecule has 1 saturated heterocycles. The molecule has 0 aliphatic carbocycles. The van der Waals surface area contributed by atoms with Crippen LogP contribution in [0.3, 0.4) is 0 Å². The summed E-state index contributed by atoms with van der Waals surface area (Å²) in [6, 6.07) is 12.4. The van der Waals surface area contributed by atoms with Crippen molar-refractivity contribution < 1.29 is 13.2 Å². The summed E-state index contributed by atoms with van der Waals surface area (Å²) in [5.74, 6) is -0.278. The third-order valence-electron chi connectivity index (χ3n) is 5.60. The number of nitrogens with zero attached hydrogens (tertiary/aromatic N) is 2. The molecule has 0 unspecified atom stereocenters. The third kappa shape index (κ3) is 5.21. The smallest absolute Gasteiger partial charge is 0.264 e. The number of carbonyl (C=O) groups excluding carboxylic acids is 1. The van der Waals surface area contributed by atoms with Crippen molar-refractivity contribution in [1.29, 1.82) is 0 Å². The summed E-state index contributed by atoms with van der Waals surface area (Å²) >= 11 is 0. The quantitative estimate of drug-likeness (QED) is 0.766. The van der Waals surface area contributed by atoms with Crippen LogP contribution in [0.2, 0.25) is 0 Å². The molecule has 1 aliphatic rings. The van der Waals surface area contributed by atoms with E-state index in [-0.39, 0.29) is 23.4 Å². The van der Waals surface area contributed by atoms with Crippen LogP contribution in [0.5, 0.6) is 0 Å². The number of nitrogens with one attached hydrogen (secondary N) is 1. The lowest BCUT2D eigenvalue weighted by atomic mass is 10.1. The maximum Gasteiger partial charge on any atom is 0.264 e. The first-order valence-electron chi connectivity index (χ1n) is 10.3. The molecular weight excluding hydrogens is 398 g/mol. The topological polar surface area (TPSA) is 69.7 Å². The van der Waals surface area contributed by atoms with Crippen molar-refractivity contribution in [2.75, 3.05) is 31.0 Å². The number of rotatable bonds is 6. The Morgan fingerprint density at radius 2 is 1.63 bits per heavy atom. The Labute approximate surface area is 179 Å². The first-order chi connectivity index (χ1) is 14.2. The van der Waals surface area contributed by atoms with Gasteiger partial charge in [0.15, 0.2) is 0 Å². The highest BCUT2D eigenvalue weighted by Crippen LogP contribution is 2.27. The van der Waals surface area contributed by atoms with Crippen molar-refractivity contribution in [3.63, 3.8) is 0 Å². The summed E-state index contributed by atoms with van der Waals surface area (Å²) in [5, 5.41) is 3.03. The van der Waals surface area contributed by atoms with E-state index in [1.54, 1.807) is 30.3 Å². The standard InChI is InChI=1S/C23H31N3O3S/c1-17-5-8-21(9-6-17)30(28,29)26(22-10-7-18(2)15-19(22)3)16-23(27)24-20-11-13-25(4)14-12-20/h5-10,15,20H,11-14,16H2,1-4H3,(H,24,27). The molecule has 0 bridgehead atoms. The Balaban J connectivity index is 1.89. The highest BCUT2D eigenvalue weighted by atomic mass is 32.2. The monoisotopic (exact) mass is 429 g/mol. The molecule has 0 saturated carbocycles. The summed E-state index contributed by atoms with van der Waals surface area (Å²) in [5.41, 5.74) is 3.37. The summed E-state index contributed by atoms with van der Waals surface area (Å²) in [7, 11) is -1.82. The van der Waals surface area contributed by atoms with Crippen LogP contribution in [0.1, 0.15) is 29.5 Å². The molecule has 30 heavy (non-hydrogen) atoms. The fraction of sp³-hybridized carbons (Fsp3) is 0.435. The minimum absolute atomic E-state index is 0.0803. The summed E-state index contributed by atoms with van der Waals surface area (Å²) in [4.78, 5) is 15.3. The number of likely N-dealkylation sites (tertiary alicyclic amines) is 1. The second-order valence-electron chi connectivity index (χ2n) is 8.26. The molecule has 162 valence electrons. The molecule has 1 heterocycles. The van der Waals surface area contributed by atoms with E-state index >= 15 is 0 Å². The lowest BCUT2D eigenvalue weighted by Gasteiger charge is -2.31. The number of carbonyl (C=O) groups is 1.